The average Bonchev–Trinajstić information content (AvgIpc) is 2.59. The zero-order valence-electron chi connectivity index (χ0n) is 10.4. The molecule has 0 aromatic rings. The maximum absolute atomic E-state index is 12.1. The van der Waals surface area contributed by atoms with Gasteiger partial charge in [0.15, 0.2) is 0 Å². The molecule has 1 rings (SSSR count). The first-order valence-electron chi connectivity index (χ1n) is 5.98. The van der Waals surface area contributed by atoms with Crippen LogP contribution in [0, 0.1) is 17.8 Å². The quantitative estimate of drug-likeness (QED) is 0.763. The predicted octanol–water partition coefficient (Wildman–Crippen LogP) is 1.35. The zero-order chi connectivity index (χ0) is 11.4. The van der Waals surface area contributed by atoms with Crippen LogP contribution >= 0.6 is 0 Å². The van der Waals surface area contributed by atoms with Crippen LogP contribution in [-0.2, 0) is 4.79 Å². The van der Waals surface area contributed by atoms with Crippen molar-refractivity contribution in [2.45, 2.75) is 27.2 Å². The van der Waals surface area contributed by atoms with E-state index < -0.39 is 0 Å². The molecule has 0 aliphatic carbocycles. The second-order valence-corrected chi connectivity index (χ2v) is 5.18. The SMILES string of the molecule is CC(C)CCN(C)C(=O)[C@@H]1CNC[C@H]1C. The minimum absolute atomic E-state index is 0.196. The lowest BCUT2D eigenvalue weighted by Gasteiger charge is -2.23. The summed E-state index contributed by atoms with van der Waals surface area (Å²) in [5, 5.41) is 3.28. The normalized spacial score (nSPS) is 25.9. The summed E-state index contributed by atoms with van der Waals surface area (Å²) in [7, 11) is 1.93. The van der Waals surface area contributed by atoms with Crippen LogP contribution in [0.25, 0.3) is 0 Å². The number of hydrogen-bond donors (Lipinski definition) is 1. The van der Waals surface area contributed by atoms with Gasteiger partial charge in [-0.05, 0) is 24.8 Å². The fraction of sp³-hybridized carbons (Fsp3) is 0.917. The molecule has 0 aromatic heterocycles. The molecule has 1 aliphatic rings. The topological polar surface area (TPSA) is 32.3 Å². The lowest BCUT2D eigenvalue weighted by atomic mass is 9.96. The maximum Gasteiger partial charge on any atom is 0.227 e. The molecule has 1 aliphatic heterocycles. The molecule has 0 spiro atoms. The molecule has 1 amide bonds. The number of rotatable bonds is 4. The van der Waals surface area contributed by atoms with Gasteiger partial charge in [-0.2, -0.15) is 0 Å². The number of nitrogens with zero attached hydrogens (tertiary/aromatic N) is 1. The van der Waals surface area contributed by atoms with E-state index in [4.69, 9.17) is 0 Å². The minimum Gasteiger partial charge on any atom is -0.345 e. The summed E-state index contributed by atoms with van der Waals surface area (Å²) in [6, 6.07) is 0. The van der Waals surface area contributed by atoms with Crippen LogP contribution in [0.2, 0.25) is 0 Å². The average molecular weight is 212 g/mol. The highest BCUT2D eigenvalue weighted by molar-refractivity contribution is 5.79. The van der Waals surface area contributed by atoms with Crippen molar-refractivity contribution >= 4 is 5.91 Å². The number of carbonyl (C=O) groups is 1. The van der Waals surface area contributed by atoms with Crippen molar-refractivity contribution in [1.82, 2.24) is 10.2 Å². The molecule has 1 saturated heterocycles. The van der Waals surface area contributed by atoms with Crippen molar-refractivity contribution < 1.29 is 4.79 Å². The standard InChI is InChI=1S/C12H24N2O/c1-9(2)5-6-14(4)12(15)11-8-13-7-10(11)3/h9-11,13H,5-8H2,1-4H3/t10-,11-/m1/s1. The Kier molecular flexibility index (Phi) is 4.58. The molecule has 3 heteroatoms. The molecule has 3 nitrogen and oxygen atoms in total. The highest BCUT2D eigenvalue weighted by atomic mass is 16.2. The Balaban J connectivity index is 2.38. The summed E-state index contributed by atoms with van der Waals surface area (Å²) >= 11 is 0. The van der Waals surface area contributed by atoms with E-state index in [0.29, 0.717) is 17.7 Å². The fourth-order valence-corrected chi connectivity index (χ4v) is 1.99. The fourth-order valence-electron chi connectivity index (χ4n) is 1.99. The van der Waals surface area contributed by atoms with E-state index >= 15 is 0 Å². The molecule has 0 bridgehead atoms. The smallest absolute Gasteiger partial charge is 0.227 e. The van der Waals surface area contributed by atoms with Crippen LogP contribution in [0.5, 0.6) is 0 Å². The first kappa shape index (κ1) is 12.5. The van der Waals surface area contributed by atoms with Crippen LogP contribution < -0.4 is 5.32 Å². The Hall–Kier alpha value is -0.570. The highest BCUT2D eigenvalue weighted by Gasteiger charge is 2.31. The Labute approximate surface area is 93.2 Å². The van der Waals surface area contributed by atoms with Crippen molar-refractivity contribution in [3.05, 3.63) is 0 Å². The second kappa shape index (κ2) is 5.50. The molecule has 0 aromatic carbocycles. The van der Waals surface area contributed by atoms with Gasteiger partial charge in [0.25, 0.3) is 0 Å². The van der Waals surface area contributed by atoms with Gasteiger partial charge in [0.1, 0.15) is 0 Å². The summed E-state index contributed by atoms with van der Waals surface area (Å²) in [5.74, 6) is 1.66. The summed E-state index contributed by atoms with van der Waals surface area (Å²) < 4.78 is 0. The monoisotopic (exact) mass is 212 g/mol. The van der Waals surface area contributed by atoms with E-state index in [1.54, 1.807) is 0 Å². The Morgan fingerprint density at radius 2 is 2.13 bits per heavy atom. The summed E-state index contributed by atoms with van der Waals surface area (Å²) in [5.41, 5.74) is 0. The third-order valence-electron chi connectivity index (χ3n) is 3.25. The minimum atomic E-state index is 0.196. The van der Waals surface area contributed by atoms with Crippen molar-refractivity contribution in [2.24, 2.45) is 17.8 Å². The molecular weight excluding hydrogens is 188 g/mol. The van der Waals surface area contributed by atoms with Crippen molar-refractivity contribution in [2.75, 3.05) is 26.7 Å². The molecule has 1 N–H and O–H groups in total. The van der Waals surface area contributed by atoms with Crippen LogP contribution in [0.4, 0.5) is 0 Å². The van der Waals surface area contributed by atoms with Gasteiger partial charge in [0.05, 0.1) is 5.92 Å². The van der Waals surface area contributed by atoms with Gasteiger partial charge < -0.3 is 10.2 Å². The summed E-state index contributed by atoms with van der Waals surface area (Å²) in [6.07, 6.45) is 1.09. The number of nitrogens with one attached hydrogen (secondary N) is 1. The van der Waals surface area contributed by atoms with Gasteiger partial charge in [-0.1, -0.05) is 20.8 Å². The second-order valence-electron chi connectivity index (χ2n) is 5.18. The summed E-state index contributed by atoms with van der Waals surface area (Å²) in [4.78, 5) is 14.0. The number of hydrogen-bond acceptors (Lipinski definition) is 2. The largest absolute Gasteiger partial charge is 0.345 e. The predicted molar refractivity (Wildman–Crippen MR) is 62.6 cm³/mol. The molecule has 0 saturated carbocycles. The van der Waals surface area contributed by atoms with E-state index in [0.717, 1.165) is 26.1 Å². The van der Waals surface area contributed by atoms with E-state index in [9.17, 15) is 4.79 Å². The maximum atomic E-state index is 12.1. The first-order chi connectivity index (χ1) is 7.02. The van der Waals surface area contributed by atoms with E-state index in [-0.39, 0.29) is 5.92 Å². The Morgan fingerprint density at radius 1 is 1.47 bits per heavy atom. The van der Waals surface area contributed by atoms with Crippen LogP contribution in [-0.4, -0.2) is 37.5 Å². The van der Waals surface area contributed by atoms with Gasteiger partial charge in [-0.25, -0.2) is 0 Å². The molecule has 88 valence electrons. The van der Waals surface area contributed by atoms with Crippen molar-refractivity contribution in [3.63, 3.8) is 0 Å². The first-order valence-corrected chi connectivity index (χ1v) is 5.98. The van der Waals surface area contributed by atoms with Gasteiger partial charge in [-0.3, -0.25) is 4.79 Å². The molecule has 0 radical (unpaired) electrons. The van der Waals surface area contributed by atoms with Gasteiger partial charge >= 0.3 is 0 Å². The third-order valence-corrected chi connectivity index (χ3v) is 3.25. The highest BCUT2D eigenvalue weighted by Crippen LogP contribution is 2.18. The Morgan fingerprint density at radius 3 is 2.60 bits per heavy atom. The molecule has 0 unspecified atom stereocenters. The summed E-state index contributed by atoms with van der Waals surface area (Å²) in [6.45, 7) is 9.26. The van der Waals surface area contributed by atoms with Gasteiger partial charge in [-0.15, -0.1) is 0 Å². The number of carbonyl (C=O) groups excluding carboxylic acids is 1. The molecule has 15 heavy (non-hydrogen) atoms. The third kappa shape index (κ3) is 3.49. The van der Waals surface area contributed by atoms with Crippen LogP contribution in [0.15, 0.2) is 0 Å². The lowest BCUT2D eigenvalue weighted by Crippen LogP contribution is -2.37. The lowest BCUT2D eigenvalue weighted by molar-refractivity contribution is -0.134. The van der Waals surface area contributed by atoms with E-state index in [1.165, 1.54) is 0 Å². The number of amides is 1. The molecule has 1 fully saturated rings. The molecule has 1 heterocycles. The molecular formula is C12H24N2O. The van der Waals surface area contributed by atoms with Gasteiger partial charge in [0.2, 0.25) is 5.91 Å². The zero-order valence-corrected chi connectivity index (χ0v) is 10.4. The Bertz CT molecular complexity index is 216. The van der Waals surface area contributed by atoms with Crippen LogP contribution in [0.1, 0.15) is 27.2 Å². The van der Waals surface area contributed by atoms with Crippen molar-refractivity contribution in [3.8, 4) is 0 Å². The van der Waals surface area contributed by atoms with E-state index in [2.05, 4.69) is 26.1 Å². The van der Waals surface area contributed by atoms with Crippen molar-refractivity contribution in [1.29, 1.82) is 0 Å². The van der Waals surface area contributed by atoms with E-state index in [1.807, 2.05) is 11.9 Å². The van der Waals surface area contributed by atoms with Crippen LogP contribution in [0.3, 0.4) is 0 Å². The van der Waals surface area contributed by atoms with Gasteiger partial charge in [0, 0.05) is 20.1 Å². The molecule has 2 atom stereocenters.